The number of hydrogen-bond acceptors (Lipinski definition) is 3. The minimum absolute atomic E-state index is 0.0376. The molecule has 2 rings (SSSR count). The topological polar surface area (TPSA) is 37.1 Å². The number of hydrogen-bond donors (Lipinski definition) is 0. The van der Waals surface area contributed by atoms with Crippen molar-refractivity contribution >= 4 is 52.0 Å². The van der Waals surface area contributed by atoms with Crippen molar-refractivity contribution in [2.75, 3.05) is 6.67 Å². The lowest BCUT2D eigenvalue weighted by Crippen LogP contribution is -2.37. The van der Waals surface area contributed by atoms with Crippen molar-refractivity contribution in [1.29, 1.82) is 0 Å². The van der Waals surface area contributed by atoms with E-state index in [-0.39, 0.29) is 17.6 Å². The SMILES string of the molecule is FCCC1(Cl)N=CC2C1=NC(Cl)=NC2Cl. The molecule has 2 aliphatic heterocycles. The Labute approximate surface area is 101 Å². The van der Waals surface area contributed by atoms with Crippen LogP contribution >= 0.6 is 34.8 Å². The third-order valence-corrected chi connectivity index (χ3v) is 3.34. The van der Waals surface area contributed by atoms with E-state index in [1.807, 2.05) is 0 Å². The molecule has 2 heterocycles. The molecule has 0 aromatic rings. The molecule has 2 aliphatic rings. The van der Waals surface area contributed by atoms with Gasteiger partial charge in [0, 0.05) is 12.6 Å². The molecule has 82 valence electrons. The van der Waals surface area contributed by atoms with Gasteiger partial charge in [0.15, 0.2) is 5.00 Å². The Morgan fingerprint density at radius 1 is 1.53 bits per heavy atom. The lowest BCUT2D eigenvalue weighted by molar-refractivity contribution is 0.452. The Kier molecular flexibility index (Phi) is 3.01. The number of aliphatic imine (C=N–C) groups is 3. The lowest BCUT2D eigenvalue weighted by Gasteiger charge is -2.24. The Morgan fingerprint density at radius 2 is 2.27 bits per heavy atom. The van der Waals surface area contributed by atoms with Gasteiger partial charge in [-0.05, 0) is 11.6 Å². The number of rotatable bonds is 2. The van der Waals surface area contributed by atoms with Crippen LogP contribution in [0.25, 0.3) is 0 Å². The van der Waals surface area contributed by atoms with Crippen LogP contribution < -0.4 is 0 Å². The molecule has 0 aliphatic carbocycles. The van der Waals surface area contributed by atoms with Crippen LogP contribution in [0.15, 0.2) is 15.0 Å². The Morgan fingerprint density at radius 3 is 2.93 bits per heavy atom. The zero-order valence-electron chi connectivity index (χ0n) is 7.50. The monoisotopic (exact) mass is 269 g/mol. The van der Waals surface area contributed by atoms with Crippen LogP contribution in [0.2, 0.25) is 0 Å². The van der Waals surface area contributed by atoms with Gasteiger partial charge >= 0.3 is 0 Å². The largest absolute Gasteiger partial charge is 0.268 e. The quantitative estimate of drug-likeness (QED) is 0.546. The van der Waals surface area contributed by atoms with Crippen LogP contribution in [0.5, 0.6) is 0 Å². The predicted molar refractivity (Wildman–Crippen MR) is 61.5 cm³/mol. The third-order valence-electron chi connectivity index (χ3n) is 2.31. The van der Waals surface area contributed by atoms with Crippen molar-refractivity contribution in [1.82, 2.24) is 0 Å². The van der Waals surface area contributed by atoms with Gasteiger partial charge in [-0.15, -0.1) is 0 Å². The summed E-state index contributed by atoms with van der Waals surface area (Å²) in [4.78, 5) is 10.8. The fourth-order valence-corrected chi connectivity index (χ4v) is 2.40. The Hall–Kier alpha value is -0.190. The highest BCUT2D eigenvalue weighted by molar-refractivity contribution is 6.66. The standard InChI is InChI=1S/C8H7Cl3FN3/c9-6-4-3-13-8(11,1-2-12)5(4)14-7(10)15-6/h3-4,6H,1-2H2. The summed E-state index contributed by atoms with van der Waals surface area (Å²) in [6.07, 6.45) is 1.63. The average Bonchev–Trinajstić information content (AvgIpc) is 2.45. The molecule has 0 N–H and O–H groups in total. The molecule has 7 heteroatoms. The van der Waals surface area contributed by atoms with Gasteiger partial charge in [0.05, 0.1) is 18.3 Å². The van der Waals surface area contributed by atoms with E-state index in [0.29, 0.717) is 5.71 Å². The van der Waals surface area contributed by atoms with Gasteiger partial charge < -0.3 is 0 Å². The molecule has 3 unspecified atom stereocenters. The van der Waals surface area contributed by atoms with Crippen molar-refractivity contribution < 1.29 is 4.39 Å². The number of nitrogens with zero attached hydrogens (tertiary/aromatic N) is 3. The van der Waals surface area contributed by atoms with Crippen LogP contribution in [0.4, 0.5) is 4.39 Å². The number of fused-ring (bicyclic) bond motifs is 1. The first-order valence-electron chi connectivity index (χ1n) is 4.33. The zero-order valence-corrected chi connectivity index (χ0v) is 9.77. The molecule has 15 heavy (non-hydrogen) atoms. The molecule has 3 atom stereocenters. The highest BCUT2D eigenvalue weighted by Crippen LogP contribution is 2.37. The van der Waals surface area contributed by atoms with E-state index in [4.69, 9.17) is 34.8 Å². The van der Waals surface area contributed by atoms with Gasteiger partial charge in [0.25, 0.3) is 0 Å². The summed E-state index contributed by atoms with van der Waals surface area (Å²) in [6.45, 7) is -0.575. The van der Waals surface area contributed by atoms with Gasteiger partial charge in [-0.25, -0.2) is 9.98 Å². The summed E-state index contributed by atoms with van der Waals surface area (Å²) >= 11 is 17.8. The second-order valence-electron chi connectivity index (χ2n) is 3.27. The predicted octanol–water partition coefficient (Wildman–Crippen LogP) is 2.60. The minimum Gasteiger partial charge on any atom is -0.268 e. The summed E-state index contributed by atoms with van der Waals surface area (Å²) in [5, 5.41) is 0.0376. The summed E-state index contributed by atoms with van der Waals surface area (Å²) in [5.74, 6) is -0.279. The van der Waals surface area contributed by atoms with E-state index in [1.165, 1.54) is 0 Å². The summed E-state index contributed by atoms with van der Waals surface area (Å²) in [5.41, 5.74) is -0.0733. The Balaban J connectivity index is 2.35. The zero-order chi connectivity index (χ0) is 11.1. The molecule has 0 bridgehead atoms. The van der Waals surface area contributed by atoms with Gasteiger partial charge in [-0.3, -0.25) is 9.38 Å². The lowest BCUT2D eigenvalue weighted by atomic mass is 9.99. The molecule has 0 aromatic carbocycles. The van der Waals surface area contributed by atoms with Crippen LogP contribution in [-0.2, 0) is 0 Å². The van der Waals surface area contributed by atoms with Crippen molar-refractivity contribution in [2.45, 2.75) is 16.9 Å². The molecule has 0 amide bonds. The van der Waals surface area contributed by atoms with E-state index in [0.717, 1.165) is 0 Å². The van der Waals surface area contributed by atoms with Gasteiger partial charge in [-0.2, -0.15) is 0 Å². The average molecular weight is 271 g/mol. The van der Waals surface area contributed by atoms with Gasteiger partial charge in [0.2, 0.25) is 5.29 Å². The van der Waals surface area contributed by atoms with Crippen LogP contribution in [0.1, 0.15) is 6.42 Å². The van der Waals surface area contributed by atoms with Crippen molar-refractivity contribution in [3.8, 4) is 0 Å². The molecular weight excluding hydrogens is 263 g/mol. The molecule has 0 saturated heterocycles. The second kappa shape index (κ2) is 4.00. The highest BCUT2D eigenvalue weighted by Gasteiger charge is 2.45. The van der Waals surface area contributed by atoms with Gasteiger partial charge in [-0.1, -0.05) is 23.2 Å². The van der Waals surface area contributed by atoms with Crippen molar-refractivity contribution in [3.63, 3.8) is 0 Å². The number of halogens is 4. The summed E-state index contributed by atoms with van der Waals surface area (Å²) in [6, 6.07) is 0. The highest BCUT2D eigenvalue weighted by atomic mass is 35.5. The minimum atomic E-state index is -1.14. The van der Waals surface area contributed by atoms with E-state index in [1.54, 1.807) is 6.21 Å². The fourth-order valence-electron chi connectivity index (χ4n) is 1.58. The molecule has 3 nitrogen and oxygen atoms in total. The second-order valence-corrected chi connectivity index (χ2v) is 4.68. The molecule has 0 fully saturated rings. The normalized spacial score (nSPS) is 38.7. The van der Waals surface area contributed by atoms with Gasteiger partial charge in [0.1, 0.15) is 5.50 Å². The van der Waals surface area contributed by atoms with E-state index < -0.39 is 17.2 Å². The Bertz CT molecular complexity index is 368. The van der Waals surface area contributed by atoms with E-state index in [9.17, 15) is 4.39 Å². The fraction of sp³-hybridized carbons (Fsp3) is 0.625. The molecule has 0 radical (unpaired) electrons. The molecule has 0 aromatic heterocycles. The number of alkyl halides is 3. The first kappa shape index (κ1) is 11.3. The van der Waals surface area contributed by atoms with E-state index >= 15 is 0 Å². The van der Waals surface area contributed by atoms with Crippen LogP contribution in [0.3, 0.4) is 0 Å². The molecular formula is C8H7Cl3FN3. The van der Waals surface area contributed by atoms with Crippen LogP contribution in [0, 0.1) is 5.92 Å². The maximum absolute atomic E-state index is 12.3. The molecule has 0 spiro atoms. The first-order chi connectivity index (χ1) is 7.07. The summed E-state index contributed by atoms with van der Waals surface area (Å²) in [7, 11) is 0. The van der Waals surface area contributed by atoms with Crippen LogP contribution in [-0.4, -0.2) is 34.4 Å². The maximum Gasteiger partial charge on any atom is 0.219 e. The molecule has 0 saturated carbocycles. The van der Waals surface area contributed by atoms with E-state index in [2.05, 4.69) is 15.0 Å². The third kappa shape index (κ3) is 1.90. The smallest absolute Gasteiger partial charge is 0.219 e. The van der Waals surface area contributed by atoms with Crippen molar-refractivity contribution in [2.24, 2.45) is 20.9 Å². The van der Waals surface area contributed by atoms with Crippen molar-refractivity contribution in [3.05, 3.63) is 0 Å². The maximum atomic E-state index is 12.3. The summed E-state index contributed by atoms with van der Waals surface area (Å²) < 4.78 is 12.3. The first-order valence-corrected chi connectivity index (χ1v) is 5.53. The number of amidine groups is 1.